The lowest BCUT2D eigenvalue weighted by molar-refractivity contribution is -0.384. The molecule has 0 aliphatic carbocycles. The van der Waals surface area contributed by atoms with E-state index in [9.17, 15) is 14.9 Å². The first kappa shape index (κ1) is 13.2. The van der Waals surface area contributed by atoms with Crippen LogP contribution >= 0.6 is 0 Å². The molecule has 2 aromatic carbocycles. The number of carbonyl (C=O) groups is 1. The van der Waals surface area contributed by atoms with Crippen LogP contribution < -0.4 is 4.74 Å². The summed E-state index contributed by atoms with van der Waals surface area (Å²) in [5, 5.41) is 10.5. The summed E-state index contributed by atoms with van der Waals surface area (Å²) in [6.07, 6.45) is 0. The summed E-state index contributed by atoms with van der Waals surface area (Å²) in [4.78, 5) is 25.0. The van der Waals surface area contributed by atoms with Crippen molar-refractivity contribution in [3.8, 4) is 5.75 Å². The summed E-state index contributed by atoms with van der Waals surface area (Å²) >= 11 is 0. The normalized spacial score (nSPS) is 9.55. The molecule has 0 atom stereocenters. The quantitative estimate of drug-likeness (QED) is 0.281. The molecule has 2 aromatic rings. The van der Waals surface area contributed by atoms with Crippen LogP contribution in [-0.4, -0.2) is 10.9 Å². The molecule has 0 unspecified atom stereocenters. The van der Waals surface area contributed by atoms with Crippen LogP contribution in [0.25, 0.3) is 4.85 Å². The maximum atomic E-state index is 11.8. The predicted octanol–water partition coefficient (Wildman–Crippen LogP) is 3.36. The van der Waals surface area contributed by atoms with Crippen LogP contribution in [0.2, 0.25) is 0 Å². The van der Waals surface area contributed by atoms with Gasteiger partial charge in [0, 0.05) is 12.1 Å². The molecule has 0 aromatic heterocycles. The van der Waals surface area contributed by atoms with Crippen molar-refractivity contribution in [3.05, 3.63) is 75.6 Å². The fourth-order valence-corrected chi connectivity index (χ4v) is 1.47. The smallest absolute Gasteiger partial charge is 0.343 e. The summed E-state index contributed by atoms with van der Waals surface area (Å²) in [6, 6.07) is 11.2. The van der Waals surface area contributed by atoms with Gasteiger partial charge in [-0.3, -0.25) is 10.1 Å². The highest BCUT2D eigenvalue weighted by atomic mass is 16.6. The first-order chi connectivity index (χ1) is 9.60. The zero-order valence-corrected chi connectivity index (χ0v) is 10.1. The van der Waals surface area contributed by atoms with Crippen molar-refractivity contribution in [2.45, 2.75) is 0 Å². The molecule has 2 rings (SSSR count). The average Bonchev–Trinajstić information content (AvgIpc) is 2.48. The van der Waals surface area contributed by atoms with Crippen LogP contribution in [0.15, 0.2) is 48.5 Å². The number of ether oxygens (including phenoxy) is 1. The van der Waals surface area contributed by atoms with Gasteiger partial charge in [-0.2, -0.15) is 0 Å². The number of hydrogen-bond acceptors (Lipinski definition) is 4. The fourth-order valence-electron chi connectivity index (χ4n) is 1.47. The molecule has 6 nitrogen and oxygen atoms in total. The van der Waals surface area contributed by atoms with Crippen LogP contribution in [0, 0.1) is 16.7 Å². The van der Waals surface area contributed by atoms with Crippen LogP contribution in [0.3, 0.4) is 0 Å². The SMILES string of the molecule is [C-]#[N+]c1ccc(C(=O)Oc2ccc([N+](=O)[O-])cc2)cc1. The number of carbonyl (C=O) groups excluding carboxylic acids is 1. The van der Waals surface area contributed by atoms with Crippen molar-refractivity contribution in [2.75, 3.05) is 0 Å². The third kappa shape index (κ3) is 2.97. The first-order valence-corrected chi connectivity index (χ1v) is 5.54. The molecule has 0 amide bonds. The van der Waals surface area contributed by atoms with Gasteiger partial charge in [-0.25, -0.2) is 9.64 Å². The minimum atomic E-state index is -0.588. The monoisotopic (exact) mass is 268 g/mol. The minimum Gasteiger partial charge on any atom is -0.423 e. The summed E-state index contributed by atoms with van der Waals surface area (Å²) in [5.74, 6) is -0.370. The third-order valence-electron chi connectivity index (χ3n) is 2.49. The standard InChI is InChI=1S/C14H8N2O4/c1-15-11-4-2-10(3-5-11)14(17)20-13-8-6-12(7-9-13)16(18)19/h2-9H. The van der Waals surface area contributed by atoms with E-state index < -0.39 is 10.9 Å². The second kappa shape index (κ2) is 5.63. The molecule has 6 heteroatoms. The van der Waals surface area contributed by atoms with Gasteiger partial charge >= 0.3 is 5.97 Å². The van der Waals surface area contributed by atoms with Gasteiger partial charge in [-0.05, 0) is 12.1 Å². The molecule has 0 fully saturated rings. The molecule has 0 radical (unpaired) electrons. The summed E-state index contributed by atoms with van der Waals surface area (Å²) in [7, 11) is 0. The Balaban J connectivity index is 2.10. The number of esters is 1. The number of nitro benzene ring substituents is 1. The molecule has 0 aliphatic heterocycles. The van der Waals surface area contributed by atoms with Gasteiger partial charge in [0.05, 0.1) is 17.1 Å². The third-order valence-corrected chi connectivity index (χ3v) is 2.49. The Kier molecular flexibility index (Phi) is 3.72. The largest absolute Gasteiger partial charge is 0.423 e. The van der Waals surface area contributed by atoms with Gasteiger partial charge in [-0.1, -0.05) is 24.3 Å². The fraction of sp³-hybridized carbons (Fsp3) is 0. The van der Waals surface area contributed by atoms with Crippen molar-refractivity contribution in [1.29, 1.82) is 0 Å². The van der Waals surface area contributed by atoms with Gasteiger partial charge in [0.2, 0.25) is 0 Å². The summed E-state index contributed by atoms with van der Waals surface area (Å²) in [6.45, 7) is 6.81. The lowest BCUT2D eigenvalue weighted by Crippen LogP contribution is -2.08. The van der Waals surface area contributed by atoms with Crippen molar-refractivity contribution in [3.63, 3.8) is 0 Å². The van der Waals surface area contributed by atoms with Gasteiger partial charge in [0.1, 0.15) is 5.75 Å². The van der Waals surface area contributed by atoms with E-state index in [4.69, 9.17) is 11.3 Å². The molecule has 0 bridgehead atoms. The van der Waals surface area contributed by atoms with Crippen molar-refractivity contribution in [2.24, 2.45) is 0 Å². The van der Waals surface area contributed by atoms with E-state index in [0.717, 1.165) is 0 Å². The van der Waals surface area contributed by atoms with Crippen molar-refractivity contribution >= 4 is 17.3 Å². The van der Waals surface area contributed by atoms with Crippen molar-refractivity contribution in [1.82, 2.24) is 0 Å². The Hall–Kier alpha value is -3.20. The highest BCUT2D eigenvalue weighted by Crippen LogP contribution is 2.19. The minimum absolute atomic E-state index is 0.0776. The zero-order chi connectivity index (χ0) is 14.5. The van der Waals surface area contributed by atoms with Crippen LogP contribution in [0.1, 0.15) is 10.4 Å². The van der Waals surface area contributed by atoms with E-state index in [1.54, 1.807) is 0 Å². The first-order valence-electron chi connectivity index (χ1n) is 5.54. The number of nitro groups is 1. The molecular formula is C14H8N2O4. The molecule has 0 heterocycles. The second-order valence-corrected chi connectivity index (χ2v) is 3.80. The Morgan fingerprint density at radius 1 is 1.10 bits per heavy atom. The lowest BCUT2D eigenvalue weighted by Gasteiger charge is -2.04. The van der Waals surface area contributed by atoms with Crippen LogP contribution in [0.4, 0.5) is 11.4 Å². The molecule has 0 saturated carbocycles. The van der Waals surface area contributed by atoms with E-state index in [0.29, 0.717) is 11.3 Å². The number of nitrogens with zero attached hydrogens (tertiary/aromatic N) is 2. The Morgan fingerprint density at radius 2 is 1.70 bits per heavy atom. The predicted molar refractivity (Wildman–Crippen MR) is 70.8 cm³/mol. The van der Waals surface area contributed by atoms with Crippen LogP contribution in [0.5, 0.6) is 5.75 Å². The highest BCUT2D eigenvalue weighted by molar-refractivity contribution is 5.91. The van der Waals surface area contributed by atoms with Gasteiger partial charge < -0.3 is 4.74 Å². The Bertz CT molecular complexity index is 685. The van der Waals surface area contributed by atoms with Gasteiger partial charge in [-0.15, -0.1) is 0 Å². The number of non-ortho nitro benzene ring substituents is 1. The Morgan fingerprint density at radius 3 is 2.20 bits per heavy atom. The molecular weight excluding hydrogens is 260 g/mol. The lowest BCUT2D eigenvalue weighted by atomic mass is 10.2. The summed E-state index contributed by atoms with van der Waals surface area (Å²) in [5.41, 5.74) is 0.652. The summed E-state index contributed by atoms with van der Waals surface area (Å²) < 4.78 is 5.07. The molecule has 0 N–H and O–H groups in total. The molecule has 0 aliphatic rings. The maximum Gasteiger partial charge on any atom is 0.343 e. The Labute approximate surface area is 114 Å². The highest BCUT2D eigenvalue weighted by Gasteiger charge is 2.10. The average molecular weight is 268 g/mol. The second-order valence-electron chi connectivity index (χ2n) is 3.80. The van der Waals surface area contributed by atoms with E-state index in [1.807, 2.05) is 0 Å². The molecule has 0 spiro atoms. The number of benzene rings is 2. The van der Waals surface area contributed by atoms with E-state index in [2.05, 4.69) is 4.85 Å². The van der Waals surface area contributed by atoms with Crippen LogP contribution in [-0.2, 0) is 0 Å². The van der Waals surface area contributed by atoms with E-state index in [1.165, 1.54) is 48.5 Å². The molecule has 0 saturated heterocycles. The van der Waals surface area contributed by atoms with Gasteiger partial charge in [0.15, 0.2) is 5.69 Å². The topological polar surface area (TPSA) is 73.8 Å². The molecule has 20 heavy (non-hydrogen) atoms. The maximum absolute atomic E-state index is 11.8. The van der Waals surface area contributed by atoms with E-state index >= 15 is 0 Å². The number of rotatable bonds is 3. The zero-order valence-electron chi connectivity index (χ0n) is 10.1. The van der Waals surface area contributed by atoms with Crippen molar-refractivity contribution < 1.29 is 14.5 Å². The number of hydrogen-bond donors (Lipinski definition) is 0. The van der Waals surface area contributed by atoms with E-state index in [-0.39, 0.29) is 11.4 Å². The molecule has 98 valence electrons. The van der Waals surface area contributed by atoms with Gasteiger partial charge in [0.25, 0.3) is 5.69 Å².